The summed E-state index contributed by atoms with van der Waals surface area (Å²) in [6, 6.07) is 13.6. The molecule has 1 amide bonds. The molecule has 0 bridgehead atoms. The number of carbonyl (C=O) groups excluding carboxylic acids is 1. The second-order valence-corrected chi connectivity index (χ2v) is 5.69. The molecule has 0 saturated heterocycles. The molecule has 0 atom stereocenters. The van der Waals surface area contributed by atoms with Crippen molar-refractivity contribution in [2.75, 3.05) is 22.9 Å². The van der Waals surface area contributed by atoms with Gasteiger partial charge in [-0.25, -0.2) is 9.37 Å². The van der Waals surface area contributed by atoms with Crippen molar-refractivity contribution in [3.63, 3.8) is 0 Å². The first kappa shape index (κ1) is 17.3. The number of hydrogen-bond donors (Lipinski definition) is 3. The standard InChI is InChI=1S/C19H18FN5O/c20-16-6-7-18(21)25-17(16)10-13-3-1-4-14(9-13)23-12-19(26)24-15-5-2-8-22-11-15/h1-9,11,23H,10,12H2,(H2,21,25)(H,24,26). The predicted octanol–water partition coefficient (Wildman–Crippen LogP) is 2.84. The molecule has 0 spiro atoms. The van der Waals surface area contributed by atoms with E-state index >= 15 is 0 Å². The van der Waals surface area contributed by atoms with Crippen LogP contribution in [0.3, 0.4) is 0 Å². The Labute approximate surface area is 150 Å². The molecule has 132 valence electrons. The summed E-state index contributed by atoms with van der Waals surface area (Å²) in [4.78, 5) is 19.9. The number of pyridine rings is 2. The number of nitrogens with one attached hydrogen (secondary N) is 2. The molecule has 0 aliphatic carbocycles. The van der Waals surface area contributed by atoms with Crippen molar-refractivity contribution in [3.05, 3.63) is 78.0 Å². The van der Waals surface area contributed by atoms with Crippen molar-refractivity contribution in [1.29, 1.82) is 0 Å². The highest BCUT2D eigenvalue weighted by atomic mass is 19.1. The molecule has 6 nitrogen and oxygen atoms in total. The summed E-state index contributed by atoms with van der Waals surface area (Å²) >= 11 is 0. The molecule has 0 radical (unpaired) electrons. The lowest BCUT2D eigenvalue weighted by Crippen LogP contribution is -2.21. The summed E-state index contributed by atoms with van der Waals surface area (Å²) in [7, 11) is 0. The quantitative estimate of drug-likeness (QED) is 0.635. The van der Waals surface area contributed by atoms with Gasteiger partial charge < -0.3 is 16.4 Å². The number of halogens is 1. The van der Waals surface area contributed by atoms with Crippen LogP contribution >= 0.6 is 0 Å². The van der Waals surface area contributed by atoms with Gasteiger partial charge in [-0.3, -0.25) is 9.78 Å². The van der Waals surface area contributed by atoms with E-state index in [-0.39, 0.29) is 24.0 Å². The summed E-state index contributed by atoms with van der Waals surface area (Å²) < 4.78 is 13.8. The van der Waals surface area contributed by atoms with E-state index in [1.807, 2.05) is 24.3 Å². The highest BCUT2D eigenvalue weighted by Gasteiger charge is 2.07. The highest BCUT2D eigenvalue weighted by molar-refractivity contribution is 5.93. The van der Waals surface area contributed by atoms with Crippen molar-refractivity contribution >= 4 is 23.1 Å². The Hall–Kier alpha value is -3.48. The molecule has 0 unspecified atom stereocenters. The van der Waals surface area contributed by atoms with Crippen molar-refractivity contribution < 1.29 is 9.18 Å². The maximum Gasteiger partial charge on any atom is 0.243 e. The van der Waals surface area contributed by atoms with E-state index in [4.69, 9.17) is 5.73 Å². The third-order valence-electron chi connectivity index (χ3n) is 3.64. The van der Waals surface area contributed by atoms with Crippen LogP contribution in [0.25, 0.3) is 0 Å². The maximum atomic E-state index is 13.8. The lowest BCUT2D eigenvalue weighted by Gasteiger charge is -2.09. The fraction of sp³-hybridized carbons (Fsp3) is 0.105. The fourth-order valence-electron chi connectivity index (χ4n) is 2.43. The average molecular weight is 351 g/mol. The maximum absolute atomic E-state index is 13.8. The van der Waals surface area contributed by atoms with Crippen LogP contribution in [-0.2, 0) is 11.2 Å². The zero-order valence-corrected chi connectivity index (χ0v) is 13.9. The van der Waals surface area contributed by atoms with Gasteiger partial charge in [-0.15, -0.1) is 0 Å². The Kier molecular flexibility index (Phi) is 5.38. The van der Waals surface area contributed by atoms with Crippen molar-refractivity contribution in [1.82, 2.24) is 9.97 Å². The van der Waals surface area contributed by atoms with E-state index in [9.17, 15) is 9.18 Å². The first-order valence-electron chi connectivity index (χ1n) is 8.04. The number of hydrogen-bond acceptors (Lipinski definition) is 5. The number of nitrogens with zero attached hydrogens (tertiary/aromatic N) is 2. The van der Waals surface area contributed by atoms with Crippen LogP contribution in [0.1, 0.15) is 11.3 Å². The Morgan fingerprint density at radius 3 is 2.77 bits per heavy atom. The van der Waals surface area contributed by atoms with Crippen LogP contribution in [0.5, 0.6) is 0 Å². The Bertz CT molecular complexity index is 901. The summed E-state index contributed by atoms with van der Waals surface area (Å²) in [6.07, 6.45) is 3.53. The number of carbonyl (C=O) groups is 1. The van der Waals surface area contributed by atoms with Gasteiger partial charge in [0.1, 0.15) is 11.6 Å². The molecule has 1 aromatic carbocycles. The third-order valence-corrected chi connectivity index (χ3v) is 3.64. The van der Waals surface area contributed by atoms with Gasteiger partial charge in [0.15, 0.2) is 0 Å². The van der Waals surface area contributed by atoms with Crippen LogP contribution in [0.2, 0.25) is 0 Å². The molecule has 0 saturated carbocycles. The topological polar surface area (TPSA) is 92.9 Å². The number of benzene rings is 1. The van der Waals surface area contributed by atoms with Gasteiger partial charge in [-0.05, 0) is 42.0 Å². The average Bonchev–Trinajstić information content (AvgIpc) is 2.64. The van der Waals surface area contributed by atoms with Gasteiger partial charge in [0.25, 0.3) is 0 Å². The van der Waals surface area contributed by atoms with Gasteiger partial charge in [-0.1, -0.05) is 12.1 Å². The Morgan fingerprint density at radius 2 is 1.96 bits per heavy atom. The summed E-state index contributed by atoms with van der Waals surface area (Å²) in [6.45, 7) is 0.100. The molecule has 0 aliphatic heterocycles. The molecule has 2 heterocycles. The van der Waals surface area contributed by atoms with Crippen LogP contribution in [0, 0.1) is 5.82 Å². The normalized spacial score (nSPS) is 10.3. The van der Waals surface area contributed by atoms with E-state index in [2.05, 4.69) is 20.6 Å². The number of aromatic nitrogens is 2. The number of nitrogens with two attached hydrogens (primary N) is 1. The highest BCUT2D eigenvalue weighted by Crippen LogP contribution is 2.16. The molecule has 0 aliphatic rings. The molecule has 3 aromatic rings. The zero-order valence-electron chi connectivity index (χ0n) is 13.9. The minimum absolute atomic E-state index is 0.100. The second-order valence-electron chi connectivity index (χ2n) is 5.69. The summed E-state index contributed by atoms with van der Waals surface area (Å²) in [5.41, 5.74) is 8.16. The third kappa shape index (κ3) is 4.76. The van der Waals surface area contributed by atoms with E-state index < -0.39 is 5.82 Å². The van der Waals surface area contributed by atoms with Gasteiger partial charge in [0.05, 0.1) is 24.1 Å². The molecule has 0 fully saturated rings. The summed E-state index contributed by atoms with van der Waals surface area (Å²) in [5, 5.41) is 5.79. The number of anilines is 3. The lowest BCUT2D eigenvalue weighted by molar-refractivity contribution is -0.114. The van der Waals surface area contributed by atoms with Crippen molar-refractivity contribution in [3.8, 4) is 0 Å². The van der Waals surface area contributed by atoms with Gasteiger partial charge in [0, 0.05) is 18.3 Å². The largest absolute Gasteiger partial charge is 0.384 e. The molecular weight excluding hydrogens is 333 g/mol. The van der Waals surface area contributed by atoms with Crippen LogP contribution < -0.4 is 16.4 Å². The van der Waals surface area contributed by atoms with E-state index in [0.29, 0.717) is 12.1 Å². The molecule has 3 rings (SSSR count). The van der Waals surface area contributed by atoms with E-state index in [1.165, 1.54) is 12.1 Å². The summed E-state index contributed by atoms with van der Waals surface area (Å²) in [5.74, 6) is -0.303. The molecule has 2 aromatic heterocycles. The van der Waals surface area contributed by atoms with Gasteiger partial charge >= 0.3 is 0 Å². The fourth-order valence-corrected chi connectivity index (χ4v) is 2.43. The number of rotatable bonds is 6. The Balaban J connectivity index is 1.60. The van der Waals surface area contributed by atoms with E-state index in [0.717, 1.165) is 11.3 Å². The monoisotopic (exact) mass is 351 g/mol. The van der Waals surface area contributed by atoms with Crippen LogP contribution in [0.4, 0.5) is 21.6 Å². The lowest BCUT2D eigenvalue weighted by atomic mass is 10.1. The van der Waals surface area contributed by atoms with Crippen molar-refractivity contribution in [2.24, 2.45) is 0 Å². The first-order chi connectivity index (χ1) is 12.6. The molecular formula is C19H18FN5O. The Morgan fingerprint density at radius 1 is 1.12 bits per heavy atom. The second kappa shape index (κ2) is 8.06. The van der Waals surface area contributed by atoms with Crippen LogP contribution in [0.15, 0.2) is 60.9 Å². The zero-order chi connectivity index (χ0) is 18.4. The molecule has 26 heavy (non-hydrogen) atoms. The first-order valence-corrected chi connectivity index (χ1v) is 8.04. The van der Waals surface area contributed by atoms with E-state index in [1.54, 1.807) is 24.5 Å². The minimum atomic E-state index is -0.395. The minimum Gasteiger partial charge on any atom is -0.384 e. The van der Waals surface area contributed by atoms with Gasteiger partial charge in [-0.2, -0.15) is 0 Å². The van der Waals surface area contributed by atoms with Crippen molar-refractivity contribution in [2.45, 2.75) is 6.42 Å². The SMILES string of the molecule is Nc1ccc(F)c(Cc2cccc(NCC(=O)Nc3cccnc3)c2)n1. The van der Waals surface area contributed by atoms with Crippen LogP contribution in [-0.4, -0.2) is 22.4 Å². The smallest absolute Gasteiger partial charge is 0.243 e. The van der Waals surface area contributed by atoms with Gasteiger partial charge in [0.2, 0.25) is 5.91 Å². The molecule has 7 heteroatoms. The predicted molar refractivity (Wildman–Crippen MR) is 99.2 cm³/mol. The number of amides is 1. The number of nitrogen functional groups attached to an aromatic ring is 1. The molecule has 4 N–H and O–H groups in total.